The van der Waals surface area contributed by atoms with Crippen molar-refractivity contribution in [1.82, 2.24) is 20.1 Å². The fraction of sp³-hybridized carbons (Fsp3) is 0.750. The maximum absolute atomic E-state index is 14.4. The Kier molecular flexibility index (Phi) is 8.22. The summed E-state index contributed by atoms with van der Waals surface area (Å²) in [7, 11) is 0. The number of rotatable bonds is 6. The number of hydrogen-bond donors (Lipinski definition) is 1. The molecule has 3 aliphatic heterocycles. The minimum atomic E-state index is -3.03. The van der Waals surface area contributed by atoms with Crippen LogP contribution in [-0.2, 0) is 16.1 Å². The SMILES string of the molecule is CCC(F)(F)c1cc2c(cn1)C(C)(C)CN2C(=O)CN1C[C@@H](C)NC[C@@H]1CN1CC[C@@H](F)C1.Cl. The number of carbonyl (C=O) groups is 1. The molecule has 10 heteroatoms. The zero-order valence-corrected chi connectivity index (χ0v) is 21.3. The lowest BCUT2D eigenvalue weighted by Crippen LogP contribution is -2.60. The molecule has 2 fully saturated rings. The molecule has 1 amide bonds. The summed E-state index contributed by atoms with van der Waals surface area (Å²) in [5.41, 5.74) is 0.716. The standard InChI is InChI=1S/C24H36F3N5O.ClH/c1-5-24(26,27)21-8-20-19(10-29-21)23(3,4)15-32(20)22(33)14-31-11-16(2)28-9-18(31)13-30-7-6-17(25)12-30;/h8,10,16-18,28H,5-7,9,11-15H2,1-4H3;1H/t16-,17-,18-;/m1./s1. The Morgan fingerprint density at radius 2 is 2.06 bits per heavy atom. The van der Waals surface area contributed by atoms with Gasteiger partial charge in [-0.2, -0.15) is 8.78 Å². The maximum atomic E-state index is 14.4. The normalized spacial score (nSPS) is 27.5. The van der Waals surface area contributed by atoms with Gasteiger partial charge < -0.3 is 10.2 Å². The molecule has 0 bridgehead atoms. The molecule has 0 aliphatic carbocycles. The highest BCUT2D eigenvalue weighted by atomic mass is 35.5. The number of alkyl halides is 3. The third-order valence-electron chi connectivity index (χ3n) is 7.32. The first-order valence-electron chi connectivity index (χ1n) is 12.0. The van der Waals surface area contributed by atoms with Crippen LogP contribution in [0.15, 0.2) is 12.3 Å². The molecule has 0 aromatic carbocycles. The largest absolute Gasteiger partial charge is 0.311 e. The molecule has 3 atom stereocenters. The average Bonchev–Trinajstić information content (AvgIpc) is 3.29. The van der Waals surface area contributed by atoms with Crippen LogP contribution in [0.25, 0.3) is 0 Å². The van der Waals surface area contributed by atoms with Crippen LogP contribution in [0.5, 0.6) is 0 Å². The van der Waals surface area contributed by atoms with Crippen molar-refractivity contribution in [2.45, 2.75) is 70.1 Å². The molecular weight excluding hydrogens is 467 g/mol. The molecule has 1 aromatic rings. The molecule has 0 saturated carbocycles. The minimum Gasteiger partial charge on any atom is -0.311 e. The van der Waals surface area contributed by atoms with Crippen LogP contribution in [-0.4, -0.2) is 84.8 Å². The Hall–Kier alpha value is -1.42. The molecule has 6 nitrogen and oxygen atoms in total. The summed E-state index contributed by atoms with van der Waals surface area (Å²) in [4.78, 5) is 23.5. The number of piperazine rings is 1. The van der Waals surface area contributed by atoms with Gasteiger partial charge in [-0.05, 0) is 19.4 Å². The zero-order chi connectivity index (χ0) is 24.0. The molecule has 34 heavy (non-hydrogen) atoms. The highest BCUT2D eigenvalue weighted by Crippen LogP contribution is 2.42. The molecule has 4 rings (SSSR count). The third kappa shape index (κ3) is 5.53. The second-order valence-corrected chi connectivity index (χ2v) is 10.5. The number of aromatic nitrogens is 1. The zero-order valence-electron chi connectivity index (χ0n) is 20.5. The Bertz CT molecular complexity index is 886. The molecule has 4 heterocycles. The number of fused-ring (bicyclic) bond motifs is 1. The van der Waals surface area contributed by atoms with Gasteiger partial charge in [0.1, 0.15) is 11.9 Å². The van der Waals surface area contributed by atoms with Crippen LogP contribution in [0, 0.1) is 0 Å². The van der Waals surface area contributed by atoms with E-state index in [9.17, 15) is 18.0 Å². The van der Waals surface area contributed by atoms with E-state index in [-0.39, 0.29) is 54.5 Å². The molecule has 1 aromatic heterocycles. The summed E-state index contributed by atoms with van der Waals surface area (Å²) in [6.45, 7) is 11.5. The van der Waals surface area contributed by atoms with Crippen molar-refractivity contribution in [2.75, 3.05) is 50.7 Å². The van der Waals surface area contributed by atoms with Crippen molar-refractivity contribution in [2.24, 2.45) is 0 Å². The van der Waals surface area contributed by atoms with Crippen LogP contribution in [0.3, 0.4) is 0 Å². The topological polar surface area (TPSA) is 51.7 Å². The summed E-state index contributed by atoms with van der Waals surface area (Å²) in [5, 5.41) is 3.47. The average molecular weight is 504 g/mol. The van der Waals surface area contributed by atoms with Crippen molar-refractivity contribution in [3.8, 4) is 0 Å². The number of nitrogens with zero attached hydrogens (tertiary/aromatic N) is 4. The predicted molar refractivity (Wildman–Crippen MR) is 130 cm³/mol. The summed E-state index contributed by atoms with van der Waals surface area (Å²) in [5.74, 6) is -3.12. The van der Waals surface area contributed by atoms with Gasteiger partial charge in [0, 0.05) is 74.9 Å². The Morgan fingerprint density at radius 1 is 1.32 bits per heavy atom. The van der Waals surface area contributed by atoms with E-state index in [1.54, 1.807) is 4.90 Å². The third-order valence-corrected chi connectivity index (χ3v) is 7.32. The van der Waals surface area contributed by atoms with Crippen LogP contribution in [0.1, 0.15) is 51.8 Å². The number of likely N-dealkylation sites (tertiary alicyclic amines) is 1. The van der Waals surface area contributed by atoms with E-state index >= 15 is 0 Å². The van der Waals surface area contributed by atoms with E-state index in [0.717, 1.165) is 18.7 Å². The van der Waals surface area contributed by atoms with Crippen LogP contribution in [0.2, 0.25) is 0 Å². The van der Waals surface area contributed by atoms with E-state index in [2.05, 4.69) is 27.0 Å². The van der Waals surface area contributed by atoms with Crippen molar-refractivity contribution in [1.29, 1.82) is 0 Å². The van der Waals surface area contributed by atoms with Gasteiger partial charge in [0.15, 0.2) is 0 Å². The lowest BCUT2D eigenvalue weighted by molar-refractivity contribution is -0.120. The second-order valence-electron chi connectivity index (χ2n) is 10.5. The lowest BCUT2D eigenvalue weighted by atomic mass is 9.88. The number of nitrogens with one attached hydrogen (secondary N) is 1. The van der Waals surface area contributed by atoms with Gasteiger partial charge in [-0.15, -0.1) is 12.4 Å². The Morgan fingerprint density at radius 3 is 2.71 bits per heavy atom. The molecule has 3 aliphatic rings. The minimum absolute atomic E-state index is 0. The van der Waals surface area contributed by atoms with Gasteiger partial charge in [-0.1, -0.05) is 20.8 Å². The number of pyridine rings is 1. The summed E-state index contributed by atoms with van der Waals surface area (Å²) in [6, 6.07) is 1.74. The molecule has 0 unspecified atom stereocenters. The predicted octanol–water partition coefficient (Wildman–Crippen LogP) is 3.34. The highest BCUT2D eigenvalue weighted by molar-refractivity contribution is 5.97. The molecule has 2 saturated heterocycles. The van der Waals surface area contributed by atoms with E-state index in [1.165, 1.54) is 19.2 Å². The molecule has 0 spiro atoms. The van der Waals surface area contributed by atoms with Gasteiger partial charge in [0.2, 0.25) is 5.91 Å². The number of amides is 1. The summed E-state index contributed by atoms with van der Waals surface area (Å²) < 4.78 is 42.4. The van der Waals surface area contributed by atoms with Crippen LogP contribution < -0.4 is 10.2 Å². The monoisotopic (exact) mass is 503 g/mol. The van der Waals surface area contributed by atoms with Gasteiger partial charge in [-0.3, -0.25) is 19.6 Å². The molecule has 192 valence electrons. The van der Waals surface area contributed by atoms with Crippen LogP contribution in [0.4, 0.5) is 18.9 Å². The van der Waals surface area contributed by atoms with E-state index in [1.807, 2.05) is 13.8 Å². The number of hydrogen-bond acceptors (Lipinski definition) is 5. The second kappa shape index (κ2) is 10.3. The van der Waals surface area contributed by atoms with Crippen molar-refractivity contribution in [3.05, 3.63) is 23.5 Å². The molecule has 1 N–H and O–H groups in total. The van der Waals surface area contributed by atoms with Crippen molar-refractivity contribution in [3.63, 3.8) is 0 Å². The number of carbonyl (C=O) groups excluding carboxylic acids is 1. The van der Waals surface area contributed by atoms with Crippen molar-refractivity contribution >= 4 is 24.0 Å². The number of anilines is 1. The number of halogens is 4. The van der Waals surface area contributed by atoms with Gasteiger partial charge >= 0.3 is 0 Å². The maximum Gasteiger partial charge on any atom is 0.289 e. The van der Waals surface area contributed by atoms with Gasteiger partial charge in [0.05, 0.1) is 12.2 Å². The van der Waals surface area contributed by atoms with E-state index in [0.29, 0.717) is 38.3 Å². The molecule has 0 radical (unpaired) electrons. The van der Waals surface area contributed by atoms with Gasteiger partial charge in [0.25, 0.3) is 5.92 Å². The quantitative estimate of drug-likeness (QED) is 0.645. The van der Waals surface area contributed by atoms with E-state index in [4.69, 9.17) is 0 Å². The molecular formula is C24H37ClF3N5O. The Labute approximate surface area is 206 Å². The summed E-state index contributed by atoms with van der Waals surface area (Å²) >= 11 is 0. The van der Waals surface area contributed by atoms with Gasteiger partial charge in [-0.25, -0.2) is 4.39 Å². The Balaban J connectivity index is 0.00000324. The van der Waals surface area contributed by atoms with Crippen LogP contribution >= 0.6 is 12.4 Å². The first-order chi connectivity index (χ1) is 15.5. The summed E-state index contributed by atoms with van der Waals surface area (Å²) in [6.07, 6.45) is 0.960. The smallest absolute Gasteiger partial charge is 0.289 e. The van der Waals surface area contributed by atoms with E-state index < -0.39 is 12.1 Å². The lowest BCUT2D eigenvalue weighted by Gasteiger charge is -2.41. The fourth-order valence-electron chi connectivity index (χ4n) is 5.27. The van der Waals surface area contributed by atoms with Crippen molar-refractivity contribution < 1.29 is 18.0 Å². The highest BCUT2D eigenvalue weighted by Gasteiger charge is 2.42. The first-order valence-corrected chi connectivity index (χ1v) is 12.0. The fourth-order valence-corrected chi connectivity index (χ4v) is 5.27. The first kappa shape index (κ1) is 27.2.